The van der Waals surface area contributed by atoms with Crippen LogP contribution in [0.3, 0.4) is 0 Å². The summed E-state index contributed by atoms with van der Waals surface area (Å²) < 4.78 is 0.363. The smallest absolute Gasteiger partial charge is 0.0712 e. The first-order valence-electron chi connectivity index (χ1n) is 3.02. The summed E-state index contributed by atoms with van der Waals surface area (Å²) in [5.41, 5.74) is 0.138. The topological polar surface area (TPSA) is 0 Å². The van der Waals surface area contributed by atoms with Crippen molar-refractivity contribution in [2.45, 2.75) is 27.2 Å². The van der Waals surface area contributed by atoms with Gasteiger partial charge in [0.15, 0.2) is 0 Å². The van der Waals surface area contributed by atoms with E-state index in [9.17, 15) is 0 Å². The first-order valence-corrected chi connectivity index (χ1v) is 3.77. The van der Waals surface area contributed by atoms with Crippen molar-refractivity contribution < 1.29 is 0 Å². The molecule has 0 aliphatic heterocycles. The Balaban J connectivity index is 4.01. The van der Waals surface area contributed by atoms with Crippen molar-refractivity contribution in [2.75, 3.05) is 0 Å². The summed E-state index contributed by atoms with van der Waals surface area (Å²) in [6, 6.07) is 0. The highest BCUT2D eigenvalue weighted by Gasteiger charge is 2.10. The third-order valence-electron chi connectivity index (χ3n) is 1.41. The maximum atomic E-state index is 5.47. The van der Waals surface area contributed by atoms with E-state index in [0.717, 1.165) is 6.42 Å². The summed E-state index contributed by atoms with van der Waals surface area (Å²) in [5.74, 6) is 0. The molecule has 0 atom stereocenters. The van der Waals surface area contributed by atoms with Crippen molar-refractivity contribution in [2.24, 2.45) is 5.41 Å². The van der Waals surface area contributed by atoms with Gasteiger partial charge in [0.1, 0.15) is 4.49 Å². The van der Waals surface area contributed by atoms with E-state index in [-0.39, 0.29) is 5.41 Å². The van der Waals surface area contributed by atoms with Crippen molar-refractivity contribution in [3.8, 4) is 0 Å². The lowest BCUT2D eigenvalue weighted by atomic mass is 9.91. The zero-order chi connectivity index (χ0) is 7.49. The van der Waals surface area contributed by atoms with Crippen LogP contribution in [0.25, 0.3) is 0 Å². The second kappa shape index (κ2) is 3.48. The molecule has 0 unspecified atom stereocenters. The van der Waals surface area contributed by atoms with Crippen LogP contribution in [0.1, 0.15) is 27.2 Å². The molecule has 0 rings (SSSR count). The Morgan fingerprint density at radius 2 is 1.89 bits per heavy atom. The summed E-state index contributed by atoms with van der Waals surface area (Å²) in [6.45, 7) is 6.29. The minimum absolute atomic E-state index is 0.138. The quantitative estimate of drug-likeness (QED) is 0.587. The molecule has 2 heteroatoms. The molecule has 0 nitrogen and oxygen atoms in total. The molecule has 0 saturated heterocycles. The molecule has 0 radical (unpaired) electrons. The van der Waals surface area contributed by atoms with Crippen molar-refractivity contribution in [3.63, 3.8) is 0 Å². The van der Waals surface area contributed by atoms with Crippen LogP contribution in [0.2, 0.25) is 0 Å². The Bertz CT molecular complexity index is 110. The number of hydrogen-bond donors (Lipinski definition) is 0. The monoisotopic (exact) mass is 166 g/mol. The summed E-state index contributed by atoms with van der Waals surface area (Å²) in [4.78, 5) is 0. The standard InChI is InChI=1S/C7H12Cl2/c1-4-7(2,3)5-6(8)9/h5H,4H2,1-3H3. The second-order valence-corrected chi connectivity index (χ2v) is 3.78. The lowest BCUT2D eigenvalue weighted by Crippen LogP contribution is -2.04. The molecule has 0 aliphatic carbocycles. The Kier molecular flexibility index (Phi) is 3.60. The van der Waals surface area contributed by atoms with Crippen molar-refractivity contribution in [1.29, 1.82) is 0 Å². The van der Waals surface area contributed by atoms with Gasteiger partial charge in [-0.15, -0.1) is 0 Å². The summed E-state index contributed by atoms with van der Waals surface area (Å²) in [6.07, 6.45) is 2.91. The van der Waals surface area contributed by atoms with E-state index in [2.05, 4.69) is 20.8 Å². The fourth-order valence-electron chi connectivity index (χ4n) is 0.397. The second-order valence-electron chi connectivity index (χ2n) is 2.78. The van der Waals surface area contributed by atoms with E-state index in [1.807, 2.05) is 6.08 Å². The van der Waals surface area contributed by atoms with Crippen LogP contribution in [-0.2, 0) is 0 Å². The van der Waals surface area contributed by atoms with Crippen LogP contribution in [0.15, 0.2) is 10.6 Å². The molecule has 54 valence electrons. The van der Waals surface area contributed by atoms with Gasteiger partial charge in [-0.1, -0.05) is 44.0 Å². The predicted molar refractivity (Wildman–Crippen MR) is 43.9 cm³/mol. The van der Waals surface area contributed by atoms with Gasteiger partial charge in [-0.05, 0) is 17.9 Å². The van der Waals surface area contributed by atoms with Gasteiger partial charge in [0.05, 0.1) is 0 Å². The molecule has 0 aliphatic rings. The minimum atomic E-state index is 0.138. The van der Waals surface area contributed by atoms with Crippen LogP contribution in [0, 0.1) is 5.41 Å². The van der Waals surface area contributed by atoms with Crippen LogP contribution in [0.4, 0.5) is 0 Å². The number of hydrogen-bond acceptors (Lipinski definition) is 0. The maximum Gasteiger partial charge on any atom is 0.103 e. The molecule has 9 heavy (non-hydrogen) atoms. The number of allylic oxidation sites excluding steroid dienone is 1. The average Bonchev–Trinajstić information content (AvgIpc) is 1.63. The predicted octanol–water partition coefficient (Wildman–Crippen LogP) is 3.74. The minimum Gasteiger partial charge on any atom is -0.0712 e. The molecule has 0 N–H and O–H groups in total. The Hall–Kier alpha value is 0.320. The molecule has 0 saturated carbocycles. The third-order valence-corrected chi connectivity index (χ3v) is 1.63. The first-order chi connectivity index (χ1) is 3.98. The lowest BCUT2D eigenvalue weighted by molar-refractivity contribution is 0.462. The number of rotatable bonds is 2. The zero-order valence-electron chi connectivity index (χ0n) is 6.04. The molecular formula is C7H12Cl2. The van der Waals surface area contributed by atoms with E-state index >= 15 is 0 Å². The van der Waals surface area contributed by atoms with Crippen LogP contribution >= 0.6 is 23.2 Å². The van der Waals surface area contributed by atoms with E-state index < -0.39 is 0 Å². The SMILES string of the molecule is CCC(C)(C)C=C(Cl)Cl. The fourth-order valence-corrected chi connectivity index (χ4v) is 0.988. The largest absolute Gasteiger partial charge is 0.103 e. The van der Waals surface area contributed by atoms with Crippen molar-refractivity contribution in [1.82, 2.24) is 0 Å². The van der Waals surface area contributed by atoms with Gasteiger partial charge in [0.2, 0.25) is 0 Å². The highest BCUT2D eigenvalue weighted by atomic mass is 35.5. The first kappa shape index (κ1) is 9.32. The highest BCUT2D eigenvalue weighted by molar-refractivity contribution is 6.55. The van der Waals surface area contributed by atoms with E-state index in [1.54, 1.807) is 0 Å². The zero-order valence-corrected chi connectivity index (χ0v) is 7.55. The molecule has 0 aromatic carbocycles. The average molecular weight is 167 g/mol. The Morgan fingerprint density at radius 1 is 1.44 bits per heavy atom. The van der Waals surface area contributed by atoms with Gasteiger partial charge in [-0.25, -0.2) is 0 Å². The van der Waals surface area contributed by atoms with Crippen molar-refractivity contribution >= 4 is 23.2 Å². The summed E-state index contributed by atoms with van der Waals surface area (Å²) in [5, 5.41) is 0. The van der Waals surface area contributed by atoms with Gasteiger partial charge in [0.25, 0.3) is 0 Å². The van der Waals surface area contributed by atoms with Crippen LogP contribution in [0.5, 0.6) is 0 Å². The van der Waals surface area contributed by atoms with Gasteiger partial charge in [-0.3, -0.25) is 0 Å². The molecule has 0 heterocycles. The number of halogens is 2. The molecule has 0 amide bonds. The van der Waals surface area contributed by atoms with Gasteiger partial charge in [-0.2, -0.15) is 0 Å². The van der Waals surface area contributed by atoms with Crippen LogP contribution in [-0.4, -0.2) is 0 Å². The lowest BCUT2D eigenvalue weighted by Gasteiger charge is -2.16. The normalized spacial score (nSPS) is 11.2. The molecule has 0 aromatic heterocycles. The van der Waals surface area contributed by atoms with E-state index in [1.165, 1.54) is 0 Å². The summed E-state index contributed by atoms with van der Waals surface area (Å²) >= 11 is 10.9. The van der Waals surface area contributed by atoms with E-state index in [0.29, 0.717) is 4.49 Å². The van der Waals surface area contributed by atoms with Crippen LogP contribution < -0.4 is 0 Å². The Morgan fingerprint density at radius 3 is 2.00 bits per heavy atom. The fraction of sp³-hybridized carbons (Fsp3) is 0.714. The molecule has 0 aromatic rings. The van der Waals surface area contributed by atoms with Gasteiger partial charge in [0, 0.05) is 0 Å². The van der Waals surface area contributed by atoms with Gasteiger partial charge >= 0.3 is 0 Å². The maximum absolute atomic E-state index is 5.47. The molecular weight excluding hydrogens is 155 g/mol. The molecule has 0 fully saturated rings. The molecule has 0 bridgehead atoms. The third kappa shape index (κ3) is 4.80. The van der Waals surface area contributed by atoms with E-state index in [4.69, 9.17) is 23.2 Å². The Labute approximate surface area is 66.8 Å². The molecule has 0 spiro atoms. The summed E-state index contributed by atoms with van der Waals surface area (Å²) in [7, 11) is 0. The highest BCUT2D eigenvalue weighted by Crippen LogP contribution is 2.25. The van der Waals surface area contributed by atoms with Crippen molar-refractivity contribution in [3.05, 3.63) is 10.6 Å². The van der Waals surface area contributed by atoms with Gasteiger partial charge < -0.3 is 0 Å².